The Hall–Kier alpha value is -1.94. The van der Waals surface area contributed by atoms with Crippen molar-refractivity contribution < 1.29 is 80.2 Å². The van der Waals surface area contributed by atoms with Crippen LogP contribution in [0.2, 0.25) is 0 Å². The van der Waals surface area contributed by atoms with Gasteiger partial charge >= 0.3 is 39.5 Å². The SMILES string of the molecule is CCCCCCCCCCCCCCCCCC(=O)OC[C@H](COP(=O)(O)OC[C@H](O)COP(=O)(O)OC[C@@H](COC(=O)CCCCCCCC)OC(=O)CCCCCCCCCCCCC)OC(=O)CCCCCCCCCCCCCCCCC. The van der Waals surface area contributed by atoms with Gasteiger partial charge in [0.25, 0.3) is 0 Å². The Morgan fingerprint density at radius 2 is 0.460 bits per heavy atom. The first kappa shape index (κ1) is 85.1. The molecule has 0 rings (SSSR count). The maximum absolute atomic E-state index is 13.0. The van der Waals surface area contributed by atoms with E-state index >= 15 is 0 Å². The number of phosphoric ester groups is 2. The molecule has 0 aromatic rings. The molecule has 0 amide bonds. The number of ether oxygens (including phenoxy) is 4. The maximum atomic E-state index is 13.0. The van der Waals surface area contributed by atoms with Crippen molar-refractivity contribution in [2.24, 2.45) is 0 Å². The van der Waals surface area contributed by atoms with Gasteiger partial charge in [0.15, 0.2) is 12.2 Å². The lowest BCUT2D eigenvalue weighted by molar-refractivity contribution is -0.161. The number of rotatable bonds is 69. The van der Waals surface area contributed by atoms with Crippen LogP contribution in [0.1, 0.15) is 355 Å². The standard InChI is InChI=1S/C68H132O17P2/c1-5-9-13-17-21-24-27-29-31-33-36-38-41-45-49-53-66(71)79-59-64(85-68(73)55-51-47-43-40-37-34-32-30-28-25-22-18-14-10-6-2)61-83-87(76,77)81-57-62(69)56-80-86(74,75)82-60-63(58-78-65(70)52-48-44-20-16-12-8-4)84-67(72)54-50-46-42-39-35-26-23-19-15-11-7-3/h62-64,69H,5-61H2,1-4H3,(H,74,75)(H,76,77)/t62-,63-,64-/m1/s1. The smallest absolute Gasteiger partial charge is 0.462 e. The molecule has 0 aromatic carbocycles. The second kappa shape index (κ2) is 62.8. The van der Waals surface area contributed by atoms with Gasteiger partial charge in [0, 0.05) is 25.7 Å². The molecule has 0 bridgehead atoms. The zero-order chi connectivity index (χ0) is 64.0. The number of carbonyl (C=O) groups is 4. The molecule has 0 aliphatic rings. The van der Waals surface area contributed by atoms with E-state index < -0.39 is 97.5 Å². The number of phosphoric acid groups is 2. The minimum atomic E-state index is -4.95. The minimum absolute atomic E-state index is 0.107. The molecule has 0 aliphatic carbocycles. The lowest BCUT2D eigenvalue weighted by Crippen LogP contribution is -2.30. The fourth-order valence-corrected chi connectivity index (χ4v) is 11.9. The highest BCUT2D eigenvalue weighted by atomic mass is 31.2. The number of unbranched alkanes of at least 4 members (excludes halogenated alkanes) is 43. The van der Waals surface area contributed by atoms with Crippen LogP contribution in [0.3, 0.4) is 0 Å². The van der Waals surface area contributed by atoms with Crippen molar-refractivity contribution in [1.82, 2.24) is 0 Å². The summed E-state index contributed by atoms with van der Waals surface area (Å²) < 4.78 is 68.1. The number of esters is 4. The van der Waals surface area contributed by atoms with Gasteiger partial charge in [-0.05, 0) is 25.7 Å². The number of aliphatic hydroxyl groups excluding tert-OH is 1. The Morgan fingerprint density at radius 1 is 0.276 bits per heavy atom. The fourth-order valence-electron chi connectivity index (χ4n) is 10.3. The average molecular weight is 1280 g/mol. The van der Waals surface area contributed by atoms with Crippen LogP contribution in [0.5, 0.6) is 0 Å². The second-order valence-corrected chi connectivity index (χ2v) is 27.5. The van der Waals surface area contributed by atoms with Gasteiger partial charge in [0.05, 0.1) is 26.4 Å². The average Bonchev–Trinajstić information content (AvgIpc) is 3.70. The summed E-state index contributed by atoms with van der Waals surface area (Å²) in [6.07, 6.45) is 50.1. The third-order valence-corrected chi connectivity index (χ3v) is 17.8. The zero-order valence-electron chi connectivity index (χ0n) is 56.0. The van der Waals surface area contributed by atoms with E-state index in [1.807, 2.05) is 0 Å². The molecule has 3 N–H and O–H groups in total. The Kier molecular flexibility index (Phi) is 61.4. The van der Waals surface area contributed by atoms with Gasteiger partial charge in [-0.3, -0.25) is 37.3 Å². The summed E-state index contributed by atoms with van der Waals surface area (Å²) in [7, 11) is -9.89. The molecule has 2 unspecified atom stereocenters. The molecule has 17 nitrogen and oxygen atoms in total. The molecule has 0 aromatic heterocycles. The number of aliphatic hydroxyl groups is 1. The summed E-state index contributed by atoms with van der Waals surface area (Å²) in [5, 5.41) is 10.5. The van der Waals surface area contributed by atoms with Crippen LogP contribution < -0.4 is 0 Å². The van der Waals surface area contributed by atoms with Crippen molar-refractivity contribution in [3.8, 4) is 0 Å². The Balaban J connectivity index is 5.18. The molecule has 5 atom stereocenters. The van der Waals surface area contributed by atoms with E-state index in [1.165, 1.54) is 173 Å². The molecular weight excluding hydrogens is 1150 g/mol. The molecule has 0 saturated carbocycles. The summed E-state index contributed by atoms with van der Waals surface area (Å²) in [5.74, 6) is -2.13. The molecule has 516 valence electrons. The monoisotopic (exact) mass is 1280 g/mol. The van der Waals surface area contributed by atoms with Crippen LogP contribution in [0.15, 0.2) is 0 Å². The van der Waals surface area contributed by atoms with Crippen LogP contribution in [0.4, 0.5) is 0 Å². The molecule has 0 saturated heterocycles. The van der Waals surface area contributed by atoms with Crippen molar-refractivity contribution in [1.29, 1.82) is 0 Å². The number of hydrogen-bond acceptors (Lipinski definition) is 15. The lowest BCUT2D eigenvalue weighted by atomic mass is 10.0. The van der Waals surface area contributed by atoms with E-state index in [-0.39, 0.29) is 25.7 Å². The molecule has 87 heavy (non-hydrogen) atoms. The summed E-state index contributed by atoms with van der Waals surface area (Å²) >= 11 is 0. The van der Waals surface area contributed by atoms with Crippen molar-refractivity contribution >= 4 is 39.5 Å². The molecular formula is C68H132O17P2. The predicted molar refractivity (Wildman–Crippen MR) is 349 cm³/mol. The molecule has 19 heteroatoms. The van der Waals surface area contributed by atoms with Gasteiger partial charge in [-0.15, -0.1) is 0 Å². The van der Waals surface area contributed by atoms with E-state index in [4.69, 9.17) is 37.0 Å². The van der Waals surface area contributed by atoms with Crippen LogP contribution in [-0.4, -0.2) is 96.7 Å². The van der Waals surface area contributed by atoms with Crippen LogP contribution >= 0.6 is 15.6 Å². The van der Waals surface area contributed by atoms with Crippen LogP contribution in [0.25, 0.3) is 0 Å². The minimum Gasteiger partial charge on any atom is -0.462 e. The van der Waals surface area contributed by atoms with Gasteiger partial charge in [-0.25, -0.2) is 9.13 Å². The topological polar surface area (TPSA) is 237 Å². The van der Waals surface area contributed by atoms with Gasteiger partial charge < -0.3 is 33.8 Å². The molecule has 0 heterocycles. The largest absolute Gasteiger partial charge is 0.472 e. The Morgan fingerprint density at radius 3 is 0.678 bits per heavy atom. The molecule has 0 aliphatic heterocycles. The zero-order valence-corrected chi connectivity index (χ0v) is 57.8. The second-order valence-electron chi connectivity index (χ2n) is 24.6. The lowest BCUT2D eigenvalue weighted by Gasteiger charge is -2.21. The van der Waals surface area contributed by atoms with E-state index in [1.54, 1.807) is 0 Å². The normalized spacial score (nSPS) is 14.1. The van der Waals surface area contributed by atoms with Crippen LogP contribution in [0, 0.1) is 0 Å². The quantitative estimate of drug-likeness (QED) is 0.0222. The maximum Gasteiger partial charge on any atom is 0.472 e. The Bertz CT molecular complexity index is 1670. The van der Waals surface area contributed by atoms with E-state index in [0.717, 1.165) is 103 Å². The highest BCUT2D eigenvalue weighted by Gasteiger charge is 2.30. The van der Waals surface area contributed by atoms with Gasteiger partial charge in [-0.1, -0.05) is 304 Å². The van der Waals surface area contributed by atoms with Gasteiger partial charge in [0.1, 0.15) is 19.3 Å². The van der Waals surface area contributed by atoms with E-state index in [9.17, 15) is 43.2 Å². The number of hydrogen-bond donors (Lipinski definition) is 3. The fraction of sp³-hybridized carbons (Fsp3) is 0.941. The summed E-state index contributed by atoms with van der Waals surface area (Å²) in [4.78, 5) is 72.3. The van der Waals surface area contributed by atoms with E-state index in [0.29, 0.717) is 25.7 Å². The first-order valence-electron chi connectivity index (χ1n) is 35.8. The number of carbonyl (C=O) groups excluding carboxylic acids is 4. The molecule has 0 spiro atoms. The highest BCUT2D eigenvalue weighted by molar-refractivity contribution is 7.47. The van der Waals surface area contributed by atoms with Gasteiger partial charge in [-0.2, -0.15) is 0 Å². The van der Waals surface area contributed by atoms with E-state index in [2.05, 4.69) is 27.7 Å². The highest BCUT2D eigenvalue weighted by Crippen LogP contribution is 2.45. The molecule has 0 fully saturated rings. The van der Waals surface area contributed by atoms with Crippen LogP contribution in [-0.2, 0) is 65.4 Å². The van der Waals surface area contributed by atoms with Crippen molar-refractivity contribution in [3.05, 3.63) is 0 Å². The predicted octanol–water partition coefficient (Wildman–Crippen LogP) is 19.5. The first-order valence-corrected chi connectivity index (χ1v) is 38.8. The van der Waals surface area contributed by atoms with Crippen molar-refractivity contribution in [2.75, 3.05) is 39.6 Å². The summed E-state index contributed by atoms with van der Waals surface area (Å²) in [5.41, 5.74) is 0. The Labute approximate surface area is 530 Å². The van der Waals surface area contributed by atoms with Crippen molar-refractivity contribution in [3.63, 3.8) is 0 Å². The summed E-state index contributed by atoms with van der Waals surface area (Å²) in [6.45, 7) is 4.87. The third kappa shape index (κ3) is 62.6. The third-order valence-electron chi connectivity index (χ3n) is 15.9. The molecule has 0 radical (unpaired) electrons. The van der Waals surface area contributed by atoms with Gasteiger partial charge in [0.2, 0.25) is 0 Å². The van der Waals surface area contributed by atoms with Crippen molar-refractivity contribution in [2.45, 2.75) is 373 Å². The first-order chi connectivity index (χ1) is 42.2. The summed E-state index contributed by atoms with van der Waals surface area (Å²) in [6, 6.07) is 0.